The van der Waals surface area contributed by atoms with E-state index in [9.17, 15) is 9.59 Å². The predicted octanol–water partition coefficient (Wildman–Crippen LogP) is 3.81. The van der Waals surface area contributed by atoms with Gasteiger partial charge in [-0.15, -0.1) is 0 Å². The Hall–Kier alpha value is -2.82. The number of nitrogens with one attached hydrogen (secondary N) is 1. The Balaban J connectivity index is 1.97. The van der Waals surface area contributed by atoms with Gasteiger partial charge in [-0.3, -0.25) is 9.59 Å². The summed E-state index contributed by atoms with van der Waals surface area (Å²) in [6.45, 7) is 6.09. The van der Waals surface area contributed by atoms with E-state index < -0.39 is 0 Å². The lowest BCUT2D eigenvalue weighted by atomic mass is 10.0. The molecule has 5 nitrogen and oxygen atoms in total. The first kappa shape index (κ1) is 19.5. The van der Waals surface area contributed by atoms with Gasteiger partial charge < -0.3 is 15.0 Å². The average molecular weight is 354 g/mol. The number of amides is 2. The summed E-state index contributed by atoms with van der Waals surface area (Å²) >= 11 is 0. The highest BCUT2D eigenvalue weighted by Crippen LogP contribution is 2.17. The molecular weight excluding hydrogens is 328 g/mol. The van der Waals surface area contributed by atoms with Gasteiger partial charge in [0.15, 0.2) is 0 Å². The molecule has 2 aromatic rings. The highest BCUT2D eigenvalue weighted by molar-refractivity contribution is 5.94. The molecular formula is C21H26N2O3. The molecule has 0 radical (unpaired) electrons. The summed E-state index contributed by atoms with van der Waals surface area (Å²) in [5.41, 5.74) is 2.88. The molecule has 1 N–H and O–H groups in total. The van der Waals surface area contributed by atoms with Crippen LogP contribution in [0.4, 0.5) is 5.69 Å². The zero-order chi connectivity index (χ0) is 19.1. The van der Waals surface area contributed by atoms with Crippen LogP contribution in [0.15, 0.2) is 48.5 Å². The zero-order valence-corrected chi connectivity index (χ0v) is 15.8. The summed E-state index contributed by atoms with van der Waals surface area (Å²) < 4.78 is 5.13. The fourth-order valence-corrected chi connectivity index (χ4v) is 2.56. The zero-order valence-electron chi connectivity index (χ0n) is 15.8. The summed E-state index contributed by atoms with van der Waals surface area (Å²) in [7, 11) is 1.61. The van der Waals surface area contributed by atoms with E-state index in [4.69, 9.17) is 4.74 Å². The second kappa shape index (κ2) is 9.04. The largest absolute Gasteiger partial charge is 0.497 e. The van der Waals surface area contributed by atoms with Gasteiger partial charge in [-0.1, -0.05) is 38.1 Å². The highest BCUT2D eigenvalue weighted by Gasteiger charge is 2.14. The Labute approximate surface area is 155 Å². The minimum atomic E-state index is -0.217. The maximum atomic E-state index is 12.3. The van der Waals surface area contributed by atoms with Crippen LogP contribution < -0.4 is 10.1 Å². The number of anilines is 1. The molecule has 0 aliphatic carbocycles. The van der Waals surface area contributed by atoms with Crippen LogP contribution in [0.5, 0.6) is 5.75 Å². The SMILES string of the molecule is COc1ccc(CN(CC(=O)Nc2ccc(C(C)C)cc2)C(C)=O)cc1. The molecule has 0 aliphatic heterocycles. The summed E-state index contributed by atoms with van der Waals surface area (Å²) in [6, 6.07) is 15.2. The molecule has 0 saturated heterocycles. The maximum Gasteiger partial charge on any atom is 0.244 e. The Morgan fingerprint density at radius 2 is 1.65 bits per heavy atom. The van der Waals surface area contributed by atoms with Gasteiger partial charge >= 0.3 is 0 Å². The molecule has 2 aromatic carbocycles. The first-order valence-corrected chi connectivity index (χ1v) is 8.67. The predicted molar refractivity (Wildman–Crippen MR) is 103 cm³/mol. The first-order chi connectivity index (χ1) is 12.4. The maximum absolute atomic E-state index is 12.3. The molecule has 0 unspecified atom stereocenters. The second-order valence-corrected chi connectivity index (χ2v) is 6.55. The average Bonchev–Trinajstić information content (AvgIpc) is 2.62. The number of methoxy groups -OCH3 is 1. The molecule has 0 bridgehead atoms. The van der Waals surface area contributed by atoms with E-state index in [1.54, 1.807) is 7.11 Å². The Morgan fingerprint density at radius 1 is 1.04 bits per heavy atom. The van der Waals surface area contributed by atoms with Crippen molar-refractivity contribution in [3.63, 3.8) is 0 Å². The van der Waals surface area contributed by atoms with Crippen LogP contribution in [0, 0.1) is 0 Å². The van der Waals surface area contributed by atoms with Crippen LogP contribution in [-0.2, 0) is 16.1 Å². The van der Waals surface area contributed by atoms with E-state index in [2.05, 4.69) is 19.2 Å². The van der Waals surface area contributed by atoms with E-state index in [0.717, 1.165) is 17.0 Å². The van der Waals surface area contributed by atoms with Crippen molar-refractivity contribution in [1.29, 1.82) is 0 Å². The smallest absolute Gasteiger partial charge is 0.244 e. The van der Waals surface area contributed by atoms with E-state index in [-0.39, 0.29) is 18.4 Å². The molecule has 0 atom stereocenters. The summed E-state index contributed by atoms with van der Waals surface area (Å²) in [5.74, 6) is 0.834. The van der Waals surface area contributed by atoms with Crippen molar-refractivity contribution in [3.8, 4) is 5.75 Å². The molecule has 0 fully saturated rings. The van der Waals surface area contributed by atoms with E-state index in [1.165, 1.54) is 17.4 Å². The number of hydrogen-bond acceptors (Lipinski definition) is 3. The van der Waals surface area contributed by atoms with Gasteiger partial charge in [0.25, 0.3) is 0 Å². The van der Waals surface area contributed by atoms with Crippen molar-refractivity contribution >= 4 is 17.5 Å². The van der Waals surface area contributed by atoms with Crippen LogP contribution in [0.2, 0.25) is 0 Å². The van der Waals surface area contributed by atoms with Crippen LogP contribution in [-0.4, -0.2) is 30.4 Å². The van der Waals surface area contributed by atoms with Gasteiger partial charge in [0, 0.05) is 19.2 Å². The quantitative estimate of drug-likeness (QED) is 0.823. The van der Waals surface area contributed by atoms with Crippen molar-refractivity contribution < 1.29 is 14.3 Å². The van der Waals surface area contributed by atoms with Crippen molar-refractivity contribution in [2.24, 2.45) is 0 Å². The molecule has 2 rings (SSSR count). The molecule has 0 heterocycles. The third kappa shape index (κ3) is 5.62. The van der Waals surface area contributed by atoms with Crippen molar-refractivity contribution in [3.05, 3.63) is 59.7 Å². The minimum Gasteiger partial charge on any atom is -0.497 e. The third-order valence-corrected chi connectivity index (χ3v) is 4.17. The van der Waals surface area contributed by atoms with Gasteiger partial charge in [-0.25, -0.2) is 0 Å². The van der Waals surface area contributed by atoms with E-state index in [0.29, 0.717) is 12.5 Å². The number of carbonyl (C=O) groups is 2. The van der Waals surface area contributed by atoms with Crippen LogP contribution in [0.3, 0.4) is 0 Å². The number of hydrogen-bond donors (Lipinski definition) is 1. The van der Waals surface area contributed by atoms with Crippen molar-refractivity contribution in [1.82, 2.24) is 4.90 Å². The van der Waals surface area contributed by atoms with Crippen molar-refractivity contribution in [2.75, 3.05) is 19.0 Å². The Morgan fingerprint density at radius 3 is 2.15 bits per heavy atom. The standard InChI is InChI=1S/C21H26N2O3/c1-15(2)18-7-9-19(10-8-18)22-21(25)14-23(16(3)24)13-17-5-11-20(26-4)12-6-17/h5-12,15H,13-14H2,1-4H3,(H,22,25). The molecule has 2 amide bonds. The van der Waals surface area contributed by atoms with Crippen LogP contribution in [0.1, 0.15) is 37.8 Å². The summed E-state index contributed by atoms with van der Waals surface area (Å²) in [6.07, 6.45) is 0. The molecule has 0 saturated carbocycles. The molecule has 0 aliphatic rings. The van der Waals surface area contributed by atoms with Gasteiger partial charge in [-0.2, -0.15) is 0 Å². The third-order valence-electron chi connectivity index (χ3n) is 4.17. The summed E-state index contributed by atoms with van der Waals surface area (Å²) in [5, 5.41) is 2.84. The number of carbonyl (C=O) groups excluding carboxylic acids is 2. The Kier molecular flexibility index (Phi) is 6.78. The second-order valence-electron chi connectivity index (χ2n) is 6.55. The minimum absolute atomic E-state index is 0.00724. The topological polar surface area (TPSA) is 58.6 Å². The van der Waals surface area contributed by atoms with Gasteiger partial charge in [0.05, 0.1) is 7.11 Å². The highest BCUT2D eigenvalue weighted by atomic mass is 16.5. The normalized spacial score (nSPS) is 10.5. The lowest BCUT2D eigenvalue weighted by molar-refractivity contribution is -0.133. The Bertz CT molecular complexity index is 737. The van der Waals surface area contributed by atoms with Gasteiger partial charge in [0.1, 0.15) is 12.3 Å². The lowest BCUT2D eigenvalue weighted by Crippen LogP contribution is -2.36. The summed E-state index contributed by atoms with van der Waals surface area (Å²) in [4.78, 5) is 25.7. The number of rotatable bonds is 7. The van der Waals surface area contributed by atoms with E-state index >= 15 is 0 Å². The fraction of sp³-hybridized carbons (Fsp3) is 0.333. The molecule has 138 valence electrons. The molecule has 0 aromatic heterocycles. The lowest BCUT2D eigenvalue weighted by Gasteiger charge is -2.21. The number of ether oxygens (including phenoxy) is 1. The fourth-order valence-electron chi connectivity index (χ4n) is 2.56. The van der Waals surface area contributed by atoms with Crippen LogP contribution >= 0.6 is 0 Å². The van der Waals surface area contributed by atoms with Crippen molar-refractivity contribution in [2.45, 2.75) is 33.2 Å². The molecule has 5 heteroatoms. The van der Waals surface area contributed by atoms with Gasteiger partial charge in [-0.05, 0) is 41.3 Å². The van der Waals surface area contributed by atoms with Crippen LogP contribution in [0.25, 0.3) is 0 Å². The number of nitrogens with zero attached hydrogens (tertiary/aromatic N) is 1. The van der Waals surface area contributed by atoms with E-state index in [1.807, 2.05) is 48.5 Å². The van der Waals surface area contributed by atoms with Gasteiger partial charge in [0.2, 0.25) is 11.8 Å². The monoisotopic (exact) mass is 354 g/mol. The first-order valence-electron chi connectivity index (χ1n) is 8.67. The number of benzene rings is 2. The molecule has 26 heavy (non-hydrogen) atoms. The molecule has 0 spiro atoms.